The molecule has 4 aromatic rings. The first kappa shape index (κ1) is 17.5. The highest BCUT2D eigenvalue weighted by molar-refractivity contribution is 6.04. The molecule has 4 nitrogen and oxygen atoms in total. The van der Waals surface area contributed by atoms with Gasteiger partial charge in [-0.15, -0.1) is 0 Å². The lowest BCUT2D eigenvalue weighted by atomic mass is 10.0. The highest BCUT2D eigenvalue weighted by Gasteiger charge is 2.08. The van der Waals surface area contributed by atoms with Crippen LogP contribution in [-0.4, -0.2) is 10.5 Å². The molecule has 0 aliphatic heterocycles. The van der Waals surface area contributed by atoms with Gasteiger partial charge in [0.05, 0.1) is 5.69 Å². The van der Waals surface area contributed by atoms with E-state index in [4.69, 9.17) is 0 Å². The summed E-state index contributed by atoms with van der Waals surface area (Å²) in [5.41, 5.74) is 3.85. The molecule has 0 aliphatic carbocycles. The Morgan fingerprint density at radius 2 is 1.29 bits per heavy atom. The van der Waals surface area contributed by atoms with Gasteiger partial charge in [-0.3, -0.25) is 14.2 Å². The van der Waals surface area contributed by atoms with Crippen molar-refractivity contribution >= 4 is 11.6 Å². The zero-order valence-electron chi connectivity index (χ0n) is 15.1. The van der Waals surface area contributed by atoms with Crippen LogP contribution in [0.1, 0.15) is 10.4 Å². The van der Waals surface area contributed by atoms with Crippen LogP contribution in [0.2, 0.25) is 0 Å². The van der Waals surface area contributed by atoms with Crippen molar-refractivity contribution in [3.05, 3.63) is 119 Å². The number of hydrogen-bond donors (Lipinski definition) is 1. The largest absolute Gasteiger partial charge is 0.321 e. The number of carbonyl (C=O) groups excluding carboxylic acids is 1. The molecule has 4 heteroatoms. The number of benzene rings is 3. The topological polar surface area (TPSA) is 51.1 Å². The summed E-state index contributed by atoms with van der Waals surface area (Å²) >= 11 is 0. The summed E-state index contributed by atoms with van der Waals surface area (Å²) in [7, 11) is 0. The van der Waals surface area contributed by atoms with E-state index in [2.05, 4.69) is 5.32 Å². The smallest absolute Gasteiger partial charge is 0.255 e. The van der Waals surface area contributed by atoms with E-state index in [1.165, 1.54) is 10.6 Å². The molecule has 0 saturated carbocycles. The molecular formula is C24H18N2O2. The van der Waals surface area contributed by atoms with E-state index in [0.29, 0.717) is 11.3 Å². The average molecular weight is 366 g/mol. The minimum Gasteiger partial charge on any atom is -0.321 e. The van der Waals surface area contributed by atoms with Gasteiger partial charge in [-0.2, -0.15) is 0 Å². The van der Waals surface area contributed by atoms with Crippen molar-refractivity contribution in [3.8, 4) is 16.8 Å². The third kappa shape index (κ3) is 3.76. The van der Waals surface area contributed by atoms with Crippen LogP contribution in [-0.2, 0) is 0 Å². The number of nitrogens with one attached hydrogen (secondary N) is 1. The van der Waals surface area contributed by atoms with Gasteiger partial charge in [0.25, 0.3) is 11.5 Å². The quantitative estimate of drug-likeness (QED) is 0.566. The Labute approximate surface area is 162 Å². The van der Waals surface area contributed by atoms with E-state index in [1.807, 2.05) is 72.8 Å². The second-order valence-corrected chi connectivity index (χ2v) is 6.36. The number of para-hydroxylation sites is 1. The molecule has 3 aromatic carbocycles. The normalized spacial score (nSPS) is 10.4. The molecule has 1 heterocycles. The van der Waals surface area contributed by atoms with Gasteiger partial charge in [-0.05, 0) is 41.5 Å². The molecule has 1 aromatic heterocycles. The molecule has 4 rings (SSSR count). The van der Waals surface area contributed by atoms with Crippen molar-refractivity contribution in [1.29, 1.82) is 0 Å². The van der Waals surface area contributed by atoms with E-state index in [9.17, 15) is 9.59 Å². The Morgan fingerprint density at radius 1 is 0.679 bits per heavy atom. The average Bonchev–Trinajstić information content (AvgIpc) is 2.76. The summed E-state index contributed by atoms with van der Waals surface area (Å²) in [6.07, 6.45) is 1.63. The minimum atomic E-state index is -0.224. The summed E-state index contributed by atoms with van der Waals surface area (Å²) in [6, 6.07) is 29.8. The molecule has 0 radical (unpaired) electrons. The maximum atomic E-state index is 12.6. The Kier molecular flexibility index (Phi) is 4.85. The number of hydrogen-bond acceptors (Lipinski definition) is 2. The molecule has 0 unspecified atom stereocenters. The number of nitrogens with zero attached hydrogens (tertiary/aromatic N) is 1. The van der Waals surface area contributed by atoms with Gasteiger partial charge in [0.15, 0.2) is 0 Å². The van der Waals surface area contributed by atoms with Crippen LogP contribution in [0, 0.1) is 0 Å². The van der Waals surface area contributed by atoms with Crippen LogP contribution in [0.4, 0.5) is 5.69 Å². The third-order valence-corrected chi connectivity index (χ3v) is 4.46. The standard InChI is InChI=1S/C24H18N2O2/c27-23-16-15-21(17-26(23)22-9-5-2-6-10-22)25-24(28)20-13-11-19(12-14-20)18-7-3-1-4-8-18/h1-17H,(H,25,28). The van der Waals surface area contributed by atoms with Gasteiger partial charge in [0, 0.05) is 23.5 Å². The Morgan fingerprint density at radius 3 is 1.96 bits per heavy atom. The number of pyridine rings is 1. The van der Waals surface area contributed by atoms with Gasteiger partial charge in [0.1, 0.15) is 0 Å². The molecule has 1 N–H and O–H groups in total. The highest BCUT2D eigenvalue weighted by Crippen LogP contribution is 2.20. The Bertz CT molecular complexity index is 1150. The Hall–Kier alpha value is -3.92. The number of rotatable bonds is 4. The second kappa shape index (κ2) is 7.76. The highest BCUT2D eigenvalue weighted by atomic mass is 16.1. The molecule has 0 atom stereocenters. The molecular weight excluding hydrogens is 348 g/mol. The maximum Gasteiger partial charge on any atom is 0.255 e. The predicted octanol–water partition coefficient (Wildman–Crippen LogP) is 4.76. The first-order valence-electron chi connectivity index (χ1n) is 8.96. The molecule has 0 saturated heterocycles. The lowest BCUT2D eigenvalue weighted by Crippen LogP contribution is -2.19. The SMILES string of the molecule is O=C(Nc1ccc(=O)n(-c2ccccc2)c1)c1ccc(-c2ccccc2)cc1. The summed E-state index contributed by atoms with van der Waals surface area (Å²) in [5.74, 6) is -0.224. The van der Waals surface area contributed by atoms with Crippen molar-refractivity contribution in [2.75, 3.05) is 5.32 Å². The van der Waals surface area contributed by atoms with Crippen LogP contribution in [0.15, 0.2) is 108 Å². The monoisotopic (exact) mass is 366 g/mol. The minimum absolute atomic E-state index is 0.156. The summed E-state index contributed by atoms with van der Waals surface area (Å²) in [6.45, 7) is 0. The van der Waals surface area contributed by atoms with Crippen LogP contribution in [0.3, 0.4) is 0 Å². The van der Waals surface area contributed by atoms with Gasteiger partial charge >= 0.3 is 0 Å². The second-order valence-electron chi connectivity index (χ2n) is 6.36. The third-order valence-electron chi connectivity index (χ3n) is 4.46. The first-order valence-corrected chi connectivity index (χ1v) is 8.96. The number of anilines is 1. The first-order chi connectivity index (χ1) is 13.7. The van der Waals surface area contributed by atoms with E-state index >= 15 is 0 Å². The molecule has 1 amide bonds. The maximum absolute atomic E-state index is 12.6. The van der Waals surface area contributed by atoms with Crippen LogP contribution in [0.25, 0.3) is 16.8 Å². The number of amides is 1. The number of aromatic nitrogens is 1. The van der Waals surface area contributed by atoms with Crippen molar-refractivity contribution in [2.24, 2.45) is 0 Å². The zero-order chi connectivity index (χ0) is 19.3. The fraction of sp³-hybridized carbons (Fsp3) is 0. The summed E-state index contributed by atoms with van der Waals surface area (Å²) in [5, 5.41) is 2.86. The summed E-state index contributed by atoms with van der Waals surface area (Å²) < 4.78 is 1.51. The van der Waals surface area contributed by atoms with E-state index < -0.39 is 0 Å². The van der Waals surface area contributed by atoms with Gasteiger partial charge < -0.3 is 5.32 Å². The molecule has 28 heavy (non-hydrogen) atoms. The van der Waals surface area contributed by atoms with E-state index in [-0.39, 0.29) is 11.5 Å². The van der Waals surface area contributed by atoms with Crippen molar-refractivity contribution < 1.29 is 4.79 Å². The van der Waals surface area contributed by atoms with Crippen molar-refractivity contribution in [3.63, 3.8) is 0 Å². The molecule has 0 aliphatic rings. The van der Waals surface area contributed by atoms with Crippen molar-refractivity contribution in [2.45, 2.75) is 0 Å². The fourth-order valence-corrected chi connectivity index (χ4v) is 3.00. The lowest BCUT2D eigenvalue weighted by Gasteiger charge is -2.10. The Balaban J connectivity index is 1.55. The van der Waals surface area contributed by atoms with Gasteiger partial charge in [-0.25, -0.2) is 0 Å². The molecule has 136 valence electrons. The van der Waals surface area contributed by atoms with E-state index in [1.54, 1.807) is 24.4 Å². The van der Waals surface area contributed by atoms with Gasteiger partial charge in [-0.1, -0.05) is 60.7 Å². The van der Waals surface area contributed by atoms with Crippen LogP contribution in [0.5, 0.6) is 0 Å². The zero-order valence-corrected chi connectivity index (χ0v) is 15.1. The van der Waals surface area contributed by atoms with Crippen LogP contribution >= 0.6 is 0 Å². The molecule has 0 fully saturated rings. The van der Waals surface area contributed by atoms with Gasteiger partial charge in [0.2, 0.25) is 0 Å². The lowest BCUT2D eigenvalue weighted by molar-refractivity contribution is 0.102. The van der Waals surface area contributed by atoms with Crippen LogP contribution < -0.4 is 10.9 Å². The van der Waals surface area contributed by atoms with Crippen molar-refractivity contribution in [1.82, 2.24) is 4.57 Å². The molecule has 0 bridgehead atoms. The van der Waals surface area contributed by atoms with E-state index in [0.717, 1.165) is 16.8 Å². The predicted molar refractivity (Wildman–Crippen MR) is 112 cm³/mol. The number of carbonyl (C=O) groups is 1. The molecule has 0 spiro atoms. The fourth-order valence-electron chi connectivity index (χ4n) is 3.00. The summed E-state index contributed by atoms with van der Waals surface area (Å²) in [4.78, 5) is 24.7.